The molecule has 4 rings (SSSR count). The van der Waals surface area contributed by atoms with Crippen molar-refractivity contribution in [2.24, 2.45) is 5.92 Å². The van der Waals surface area contributed by atoms with E-state index in [1.807, 2.05) is 34.9 Å². The van der Waals surface area contributed by atoms with Gasteiger partial charge in [-0.2, -0.15) is 0 Å². The minimum atomic E-state index is -4.19. The summed E-state index contributed by atoms with van der Waals surface area (Å²) < 4.78 is 18.3. The van der Waals surface area contributed by atoms with Gasteiger partial charge < -0.3 is 24.8 Å². The van der Waals surface area contributed by atoms with E-state index in [-0.39, 0.29) is 12.5 Å². The molecule has 0 amide bonds. The molecule has 136 valence electrons. The van der Waals surface area contributed by atoms with Gasteiger partial charge in [0, 0.05) is 5.92 Å². The van der Waals surface area contributed by atoms with Crippen molar-refractivity contribution in [1.82, 2.24) is 19.5 Å². The molecule has 26 heavy (non-hydrogen) atoms. The third kappa shape index (κ3) is 2.89. The lowest BCUT2D eigenvalue weighted by Crippen LogP contribution is -2.23. The summed E-state index contributed by atoms with van der Waals surface area (Å²) in [5.41, 5.74) is 7.67. The number of aromatic nitrogens is 4. The van der Waals surface area contributed by atoms with Gasteiger partial charge in [-0.15, -0.1) is 0 Å². The first-order chi connectivity index (χ1) is 12.4. The number of benzene rings is 1. The molecule has 4 N–H and O–H groups in total. The summed E-state index contributed by atoms with van der Waals surface area (Å²) in [7, 11) is -4.19. The van der Waals surface area contributed by atoms with Gasteiger partial charge in [-0.05, 0) is 12.0 Å². The van der Waals surface area contributed by atoms with E-state index in [0.29, 0.717) is 17.0 Å². The van der Waals surface area contributed by atoms with Crippen LogP contribution in [0.5, 0.6) is 0 Å². The van der Waals surface area contributed by atoms with Crippen LogP contribution in [0.3, 0.4) is 0 Å². The number of nitrogen functional groups attached to an aromatic ring is 1. The predicted octanol–water partition coefficient (Wildman–Crippen LogP) is 1.32. The molecule has 2 atom stereocenters. The van der Waals surface area contributed by atoms with Crippen molar-refractivity contribution in [2.75, 3.05) is 18.7 Å². The molecule has 0 saturated heterocycles. The molecule has 1 aliphatic rings. The quantitative estimate of drug-likeness (QED) is 0.549. The summed E-state index contributed by atoms with van der Waals surface area (Å²) in [6.07, 6.45) is 3.24. The second kappa shape index (κ2) is 6.14. The van der Waals surface area contributed by atoms with Gasteiger partial charge in [0.05, 0.1) is 18.5 Å². The van der Waals surface area contributed by atoms with E-state index in [2.05, 4.69) is 15.0 Å². The summed E-state index contributed by atoms with van der Waals surface area (Å²) in [5, 5.41) is 0. The highest BCUT2D eigenvalue weighted by atomic mass is 31.2. The third-order valence-electron chi connectivity index (χ3n) is 4.72. The second-order valence-corrected chi connectivity index (χ2v) is 7.99. The summed E-state index contributed by atoms with van der Waals surface area (Å²) in [6.45, 7) is 0.222. The summed E-state index contributed by atoms with van der Waals surface area (Å²) >= 11 is 0. The van der Waals surface area contributed by atoms with E-state index in [0.717, 1.165) is 12.0 Å². The molecule has 0 unspecified atom stereocenters. The molecule has 2 heterocycles. The Hall–Kier alpha value is -2.32. The number of ether oxygens (including phenoxy) is 1. The Balaban J connectivity index is 1.72. The number of fused-ring (bicyclic) bond motifs is 1. The maximum absolute atomic E-state index is 11.0. The summed E-state index contributed by atoms with van der Waals surface area (Å²) in [4.78, 5) is 30.6. The highest BCUT2D eigenvalue weighted by molar-refractivity contribution is 7.51. The first-order valence-electron chi connectivity index (χ1n) is 8.04. The molecule has 9 nitrogen and oxygen atoms in total. The van der Waals surface area contributed by atoms with Crippen molar-refractivity contribution in [1.29, 1.82) is 0 Å². The summed E-state index contributed by atoms with van der Waals surface area (Å²) in [6, 6.07) is 9.86. The van der Waals surface area contributed by atoms with E-state index in [4.69, 9.17) is 20.3 Å². The highest BCUT2D eigenvalue weighted by Gasteiger charge is 2.57. The van der Waals surface area contributed by atoms with E-state index < -0.39 is 19.5 Å². The second-order valence-electron chi connectivity index (χ2n) is 6.40. The zero-order chi connectivity index (χ0) is 18.4. The number of nitrogens with zero attached hydrogens (tertiary/aromatic N) is 4. The van der Waals surface area contributed by atoms with E-state index in [1.165, 1.54) is 6.33 Å². The van der Waals surface area contributed by atoms with E-state index in [9.17, 15) is 4.57 Å². The first-order valence-corrected chi connectivity index (χ1v) is 9.83. The molecule has 10 heteroatoms. The number of rotatable bonds is 6. The van der Waals surface area contributed by atoms with Gasteiger partial charge in [0.1, 0.15) is 18.2 Å². The van der Waals surface area contributed by atoms with Crippen molar-refractivity contribution in [2.45, 2.75) is 12.0 Å². The Morgan fingerprint density at radius 2 is 2.04 bits per heavy atom. The van der Waals surface area contributed by atoms with Gasteiger partial charge in [-0.3, -0.25) is 4.57 Å². The van der Waals surface area contributed by atoms with Crippen LogP contribution in [0.4, 0.5) is 5.82 Å². The molecular weight excluding hydrogens is 357 g/mol. The molecule has 1 aromatic carbocycles. The maximum Gasteiger partial charge on any atom is 0.350 e. The lowest BCUT2D eigenvalue weighted by Gasteiger charge is -2.21. The van der Waals surface area contributed by atoms with Gasteiger partial charge in [0.25, 0.3) is 0 Å². The fourth-order valence-electron chi connectivity index (χ4n) is 3.49. The number of hydrogen-bond acceptors (Lipinski definition) is 6. The van der Waals surface area contributed by atoms with Crippen LogP contribution in [-0.2, 0) is 14.8 Å². The molecule has 0 aliphatic heterocycles. The van der Waals surface area contributed by atoms with Gasteiger partial charge in [0.2, 0.25) is 0 Å². The van der Waals surface area contributed by atoms with Crippen LogP contribution in [-0.4, -0.2) is 42.3 Å². The first kappa shape index (κ1) is 17.1. The Labute approximate surface area is 149 Å². The van der Waals surface area contributed by atoms with Crippen molar-refractivity contribution in [3.8, 4) is 0 Å². The summed E-state index contributed by atoms with van der Waals surface area (Å²) in [5.74, 6) is 0.344. The van der Waals surface area contributed by atoms with Crippen molar-refractivity contribution < 1.29 is 19.1 Å². The monoisotopic (exact) mass is 375 g/mol. The minimum Gasteiger partial charge on any atom is -0.382 e. The third-order valence-corrected chi connectivity index (χ3v) is 5.24. The van der Waals surface area contributed by atoms with Crippen molar-refractivity contribution in [3.63, 3.8) is 0 Å². The van der Waals surface area contributed by atoms with Gasteiger partial charge in [-0.1, -0.05) is 30.3 Å². The number of hydrogen-bond donors (Lipinski definition) is 3. The molecule has 1 fully saturated rings. The van der Waals surface area contributed by atoms with E-state index in [1.54, 1.807) is 6.33 Å². The average Bonchev–Trinajstić information content (AvgIpc) is 3.15. The minimum absolute atomic E-state index is 0.0324. The van der Waals surface area contributed by atoms with Crippen LogP contribution in [0.25, 0.3) is 11.2 Å². The Bertz CT molecular complexity index is 989. The van der Waals surface area contributed by atoms with Crippen molar-refractivity contribution in [3.05, 3.63) is 48.5 Å². The van der Waals surface area contributed by atoms with Crippen molar-refractivity contribution >= 4 is 24.6 Å². The lowest BCUT2D eigenvalue weighted by molar-refractivity contribution is 0.139. The lowest BCUT2D eigenvalue weighted by atomic mass is 10.0. The highest BCUT2D eigenvalue weighted by Crippen LogP contribution is 2.56. The molecule has 1 aliphatic carbocycles. The smallest absolute Gasteiger partial charge is 0.350 e. The van der Waals surface area contributed by atoms with Crippen LogP contribution < -0.4 is 5.73 Å². The SMILES string of the molecule is Nc1ncnc2c1ncn2[C@]1(c2ccccc2)C[C@@H]1COCP(=O)(O)O. The maximum atomic E-state index is 11.0. The molecular formula is C16H18N5O4P. The Morgan fingerprint density at radius 3 is 2.77 bits per heavy atom. The molecule has 3 aromatic rings. The van der Waals surface area contributed by atoms with Crippen LogP contribution in [0.2, 0.25) is 0 Å². The normalized spacial score (nSPS) is 22.6. The zero-order valence-corrected chi connectivity index (χ0v) is 14.7. The molecule has 0 bridgehead atoms. The number of anilines is 1. The molecule has 0 radical (unpaired) electrons. The number of nitrogens with two attached hydrogens (primary N) is 1. The fourth-order valence-corrected chi connectivity index (χ4v) is 3.83. The van der Waals surface area contributed by atoms with Crippen LogP contribution >= 0.6 is 7.60 Å². The molecule has 1 saturated carbocycles. The zero-order valence-electron chi connectivity index (χ0n) is 13.8. The van der Waals surface area contributed by atoms with Gasteiger partial charge in [0.15, 0.2) is 11.5 Å². The topological polar surface area (TPSA) is 136 Å². The molecule has 0 spiro atoms. The Morgan fingerprint density at radius 1 is 1.27 bits per heavy atom. The molecule has 2 aromatic heterocycles. The number of imidazole rings is 1. The average molecular weight is 375 g/mol. The predicted molar refractivity (Wildman–Crippen MR) is 94.2 cm³/mol. The van der Waals surface area contributed by atoms with Gasteiger partial charge >= 0.3 is 7.60 Å². The van der Waals surface area contributed by atoms with Crippen LogP contribution in [0, 0.1) is 5.92 Å². The standard InChI is InChI=1S/C16H18N5O4P/c17-14-13-15(19-8-18-14)21(9-20-13)16(11-4-2-1-3-5-11)6-12(16)7-25-10-26(22,23)24/h1-5,8-9,12H,6-7,10H2,(H2,17,18,19)(H2,22,23,24)/t12-,16+/m1/s1. The van der Waals surface area contributed by atoms with E-state index >= 15 is 0 Å². The van der Waals surface area contributed by atoms with Crippen LogP contribution in [0.1, 0.15) is 12.0 Å². The largest absolute Gasteiger partial charge is 0.382 e. The van der Waals surface area contributed by atoms with Crippen LogP contribution in [0.15, 0.2) is 43.0 Å². The van der Waals surface area contributed by atoms with Gasteiger partial charge in [-0.25, -0.2) is 15.0 Å². The fraction of sp³-hybridized carbons (Fsp3) is 0.312. The Kier molecular flexibility index (Phi) is 4.04.